The Morgan fingerprint density at radius 2 is 2.00 bits per heavy atom. The third-order valence-corrected chi connectivity index (χ3v) is 7.68. The maximum atomic E-state index is 12.4. The lowest BCUT2D eigenvalue weighted by atomic mass is 9.70. The van der Waals surface area contributed by atoms with E-state index in [1.807, 2.05) is 0 Å². The van der Waals surface area contributed by atoms with E-state index in [1.54, 1.807) is 0 Å². The van der Waals surface area contributed by atoms with E-state index in [0.29, 0.717) is 11.7 Å². The molecule has 14 heavy (non-hydrogen) atoms. The van der Waals surface area contributed by atoms with E-state index in [-0.39, 0.29) is 15.2 Å². The van der Waals surface area contributed by atoms with Gasteiger partial charge in [0.2, 0.25) is 0 Å². The van der Waals surface area contributed by atoms with E-state index in [4.69, 9.17) is 0 Å². The lowest BCUT2D eigenvalue weighted by Gasteiger charge is -2.32. The Bertz CT molecular complexity index is 300. The standard InChI is InChI=1S/C11H16Br2O/c1-9(2)7-4-5-10(9,3)8(14)11(7,13)6-12/h7H,4-6H2,1-3H3. The van der Waals surface area contributed by atoms with Gasteiger partial charge in [-0.1, -0.05) is 52.6 Å². The zero-order valence-corrected chi connectivity index (χ0v) is 12.0. The summed E-state index contributed by atoms with van der Waals surface area (Å²) in [6, 6.07) is 0. The summed E-state index contributed by atoms with van der Waals surface area (Å²) >= 11 is 7.16. The van der Waals surface area contributed by atoms with Crippen LogP contribution in [-0.2, 0) is 4.79 Å². The summed E-state index contributed by atoms with van der Waals surface area (Å²) in [5.41, 5.74) is 0.0241. The molecule has 2 bridgehead atoms. The van der Waals surface area contributed by atoms with Gasteiger partial charge in [-0.2, -0.15) is 0 Å². The molecule has 0 heterocycles. The van der Waals surface area contributed by atoms with Crippen molar-refractivity contribution in [3.8, 4) is 0 Å². The molecule has 80 valence electrons. The summed E-state index contributed by atoms with van der Waals surface area (Å²) in [5.74, 6) is 0.884. The zero-order valence-electron chi connectivity index (χ0n) is 8.86. The van der Waals surface area contributed by atoms with Gasteiger partial charge in [-0.15, -0.1) is 0 Å². The topological polar surface area (TPSA) is 17.1 Å². The predicted molar refractivity (Wildman–Crippen MR) is 65.1 cm³/mol. The first-order valence-corrected chi connectivity index (χ1v) is 7.02. The fourth-order valence-corrected chi connectivity index (χ4v) is 5.36. The van der Waals surface area contributed by atoms with E-state index >= 15 is 0 Å². The molecule has 2 aliphatic carbocycles. The van der Waals surface area contributed by atoms with Gasteiger partial charge < -0.3 is 0 Å². The maximum Gasteiger partial charge on any atom is 0.157 e. The molecule has 3 atom stereocenters. The summed E-state index contributed by atoms with van der Waals surface area (Å²) in [6.07, 6.45) is 2.23. The van der Waals surface area contributed by atoms with E-state index in [2.05, 4.69) is 52.6 Å². The van der Waals surface area contributed by atoms with Crippen LogP contribution in [0.4, 0.5) is 0 Å². The molecule has 2 aliphatic rings. The van der Waals surface area contributed by atoms with Crippen LogP contribution in [-0.4, -0.2) is 15.4 Å². The molecule has 3 heteroatoms. The quantitative estimate of drug-likeness (QED) is 0.675. The molecular weight excluding hydrogens is 308 g/mol. The molecule has 0 aromatic carbocycles. The molecule has 0 N–H and O–H groups in total. The average Bonchev–Trinajstić information content (AvgIpc) is 2.41. The Morgan fingerprint density at radius 1 is 1.43 bits per heavy atom. The smallest absolute Gasteiger partial charge is 0.157 e. The molecule has 0 saturated heterocycles. The van der Waals surface area contributed by atoms with Crippen molar-refractivity contribution in [2.75, 3.05) is 5.33 Å². The number of halogens is 2. The molecule has 0 radical (unpaired) electrons. The molecule has 3 unspecified atom stereocenters. The number of hydrogen-bond donors (Lipinski definition) is 0. The van der Waals surface area contributed by atoms with Gasteiger partial charge in [-0.05, 0) is 24.2 Å². The number of carbonyl (C=O) groups excluding carboxylic acids is 1. The van der Waals surface area contributed by atoms with Gasteiger partial charge in [0.05, 0.1) is 4.32 Å². The third-order valence-electron chi connectivity index (χ3n) is 4.85. The van der Waals surface area contributed by atoms with Crippen molar-refractivity contribution in [2.45, 2.75) is 37.9 Å². The molecule has 0 aromatic rings. The summed E-state index contributed by atoms with van der Waals surface area (Å²) in [5, 5.41) is 0.739. The van der Waals surface area contributed by atoms with Crippen LogP contribution in [0.15, 0.2) is 0 Å². The van der Waals surface area contributed by atoms with Crippen LogP contribution in [0.1, 0.15) is 33.6 Å². The normalized spacial score (nSPS) is 50.1. The highest BCUT2D eigenvalue weighted by molar-refractivity contribution is 9.12. The van der Waals surface area contributed by atoms with Crippen LogP contribution in [0.3, 0.4) is 0 Å². The molecule has 0 aromatic heterocycles. The molecule has 0 amide bonds. The first-order valence-electron chi connectivity index (χ1n) is 5.10. The fourth-order valence-electron chi connectivity index (χ4n) is 3.48. The summed E-state index contributed by atoms with van der Waals surface area (Å²) in [6.45, 7) is 6.63. The number of carbonyl (C=O) groups is 1. The lowest BCUT2D eigenvalue weighted by molar-refractivity contribution is -0.129. The maximum absolute atomic E-state index is 12.4. The van der Waals surface area contributed by atoms with Crippen LogP contribution in [0.2, 0.25) is 0 Å². The van der Waals surface area contributed by atoms with E-state index in [9.17, 15) is 4.79 Å². The zero-order chi connectivity index (χ0) is 10.8. The van der Waals surface area contributed by atoms with Gasteiger partial charge in [-0.25, -0.2) is 0 Å². The first kappa shape index (κ1) is 11.1. The third kappa shape index (κ3) is 0.940. The summed E-state index contributed by atoms with van der Waals surface area (Å²) in [7, 11) is 0. The van der Waals surface area contributed by atoms with Crippen molar-refractivity contribution >= 4 is 37.6 Å². The minimum atomic E-state index is -0.302. The second-order valence-electron chi connectivity index (χ2n) is 5.47. The highest BCUT2D eigenvalue weighted by atomic mass is 79.9. The van der Waals surface area contributed by atoms with Crippen molar-refractivity contribution in [1.82, 2.24) is 0 Å². The number of ketones is 1. The fraction of sp³-hybridized carbons (Fsp3) is 0.909. The SMILES string of the molecule is CC12CCC(C(Br)(CBr)C1=O)C2(C)C. The van der Waals surface area contributed by atoms with Crippen molar-refractivity contribution in [2.24, 2.45) is 16.7 Å². The molecule has 0 aliphatic heterocycles. The first-order chi connectivity index (χ1) is 6.30. The van der Waals surface area contributed by atoms with E-state index in [0.717, 1.165) is 11.8 Å². The molecule has 2 saturated carbocycles. The van der Waals surface area contributed by atoms with Gasteiger partial charge in [0.15, 0.2) is 5.78 Å². The second-order valence-corrected chi connectivity index (χ2v) is 7.45. The molecule has 0 spiro atoms. The van der Waals surface area contributed by atoms with E-state index < -0.39 is 0 Å². The van der Waals surface area contributed by atoms with Gasteiger partial charge in [0.25, 0.3) is 0 Å². The van der Waals surface area contributed by atoms with Crippen molar-refractivity contribution in [3.63, 3.8) is 0 Å². The van der Waals surface area contributed by atoms with Crippen molar-refractivity contribution in [1.29, 1.82) is 0 Å². The summed E-state index contributed by atoms with van der Waals surface area (Å²) < 4.78 is -0.302. The monoisotopic (exact) mass is 322 g/mol. The Labute approximate surface area is 102 Å². The highest BCUT2D eigenvalue weighted by Crippen LogP contribution is 2.69. The number of rotatable bonds is 1. The van der Waals surface area contributed by atoms with Crippen LogP contribution in [0.5, 0.6) is 0 Å². The van der Waals surface area contributed by atoms with Gasteiger partial charge in [-0.3, -0.25) is 4.79 Å². The van der Waals surface area contributed by atoms with Crippen molar-refractivity contribution in [3.05, 3.63) is 0 Å². The largest absolute Gasteiger partial charge is 0.297 e. The van der Waals surface area contributed by atoms with Crippen molar-refractivity contribution < 1.29 is 4.79 Å². The van der Waals surface area contributed by atoms with Gasteiger partial charge in [0.1, 0.15) is 0 Å². The van der Waals surface area contributed by atoms with Crippen LogP contribution in [0.25, 0.3) is 0 Å². The Balaban J connectivity index is 2.55. The van der Waals surface area contributed by atoms with Crippen LogP contribution < -0.4 is 0 Å². The lowest BCUT2D eigenvalue weighted by Crippen LogP contribution is -2.42. The van der Waals surface area contributed by atoms with Crippen LogP contribution >= 0.6 is 31.9 Å². The van der Waals surface area contributed by atoms with Gasteiger partial charge in [0, 0.05) is 10.7 Å². The number of hydrogen-bond acceptors (Lipinski definition) is 1. The van der Waals surface area contributed by atoms with E-state index in [1.165, 1.54) is 6.42 Å². The molecule has 2 fully saturated rings. The Morgan fingerprint density at radius 3 is 2.29 bits per heavy atom. The molecule has 2 rings (SSSR count). The second kappa shape index (κ2) is 2.85. The average molecular weight is 324 g/mol. The minimum absolute atomic E-state index is 0.116. The number of fused-ring (bicyclic) bond motifs is 2. The Hall–Kier alpha value is 0.630. The molecule has 1 nitrogen and oxygen atoms in total. The highest BCUT2D eigenvalue weighted by Gasteiger charge is 2.71. The predicted octanol–water partition coefficient (Wildman–Crippen LogP) is 3.54. The summed E-state index contributed by atoms with van der Waals surface area (Å²) in [4.78, 5) is 12.4. The Kier molecular flexibility index (Phi) is 2.26. The number of alkyl halides is 2. The minimum Gasteiger partial charge on any atom is -0.297 e. The molecular formula is C11H16Br2O. The van der Waals surface area contributed by atoms with Gasteiger partial charge >= 0.3 is 0 Å². The van der Waals surface area contributed by atoms with Crippen LogP contribution in [0, 0.1) is 16.7 Å². The number of Topliss-reactive ketones (excluding diaryl/α,β-unsaturated/α-hetero) is 1.